The molecule has 9 nitrogen and oxygen atoms in total. The first-order chi connectivity index (χ1) is 20.4. The maximum atomic E-state index is 14.0. The fraction of sp³-hybridized carbons (Fsp3) is 0.516. The average Bonchev–Trinajstić information content (AvgIpc) is 3.18. The first kappa shape index (κ1) is 28.4. The Kier molecular flexibility index (Phi) is 6.66. The molecule has 0 radical (unpaired) electrons. The van der Waals surface area contributed by atoms with Crippen LogP contribution in [0.5, 0.6) is 0 Å². The molecular formula is C31H36F2N6O3S. The summed E-state index contributed by atoms with van der Waals surface area (Å²) >= 11 is 0. The van der Waals surface area contributed by atoms with Crippen molar-refractivity contribution in [3.63, 3.8) is 0 Å². The van der Waals surface area contributed by atoms with Crippen LogP contribution in [-0.4, -0.2) is 80.6 Å². The lowest BCUT2D eigenvalue weighted by Gasteiger charge is -2.42. The molecule has 228 valence electrons. The van der Waals surface area contributed by atoms with Crippen LogP contribution >= 0.6 is 0 Å². The number of hydrogen-bond donors (Lipinski definition) is 1. The molecule has 1 N–H and O–H groups in total. The van der Waals surface area contributed by atoms with Gasteiger partial charge in [0.05, 0.1) is 41.3 Å². The number of aromatic nitrogens is 2. The van der Waals surface area contributed by atoms with Gasteiger partial charge in [0.1, 0.15) is 0 Å². The Bertz CT molecular complexity index is 1720. The van der Waals surface area contributed by atoms with E-state index in [0.717, 1.165) is 58.8 Å². The third kappa shape index (κ3) is 4.92. The van der Waals surface area contributed by atoms with E-state index in [2.05, 4.69) is 9.71 Å². The zero-order valence-electron chi connectivity index (χ0n) is 24.4. The number of piperidine rings is 2. The molecule has 1 saturated carbocycles. The van der Waals surface area contributed by atoms with E-state index in [-0.39, 0.29) is 24.9 Å². The van der Waals surface area contributed by atoms with Gasteiger partial charge in [0.25, 0.3) is 5.92 Å². The van der Waals surface area contributed by atoms with Gasteiger partial charge in [-0.3, -0.25) is 19.4 Å². The van der Waals surface area contributed by atoms with E-state index in [1.807, 2.05) is 35.0 Å². The maximum Gasteiger partial charge on any atom is 0.260 e. The SMILES string of the molecule is CN1C(=O)C2(CCC2)c2c1cnc1ccc(-c3cnc(N4CCC(N5CCCC(F)(F)C5)CC4)c(NS(C)(=O)=O)c3)cc21. The third-order valence-corrected chi connectivity index (χ3v) is 10.4. The highest BCUT2D eigenvalue weighted by Crippen LogP contribution is 2.55. The number of hydrogen-bond acceptors (Lipinski definition) is 7. The van der Waals surface area contributed by atoms with Gasteiger partial charge >= 0.3 is 0 Å². The van der Waals surface area contributed by atoms with E-state index in [1.54, 1.807) is 23.4 Å². The van der Waals surface area contributed by atoms with Crippen molar-refractivity contribution in [2.24, 2.45) is 0 Å². The second kappa shape index (κ2) is 10.1. The monoisotopic (exact) mass is 610 g/mol. The smallest absolute Gasteiger partial charge is 0.260 e. The van der Waals surface area contributed by atoms with E-state index in [4.69, 9.17) is 4.98 Å². The molecule has 3 fully saturated rings. The van der Waals surface area contributed by atoms with Gasteiger partial charge in [-0.25, -0.2) is 22.2 Å². The number of alkyl halides is 2. The lowest BCUT2D eigenvalue weighted by atomic mass is 9.64. The van der Waals surface area contributed by atoms with E-state index >= 15 is 0 Å². The summed E-state index contributed by atoms with van der Waals surface area (Å²) < 4.78 is 55.5. The number of likely N-dealkylation sites (N-methyl/N-ethyl adjacent to an activating group) is 1. The molecule has 1 amide bonds. The summed E-state index contributed by atoms with van der Waals surface area (Å²) in [7, 11) is -1.80. The first-order valence-corrected chi connectivity index (χ1v) is 16.9. The van der Waals surface area contributed by atoms with Crippen molar-refractivity contribution in [2.45, 2.75) is 62.3 Å². The first-order valence-electron chi connectivity index (χ1n) is 15.0. The predicted molar refractivity (Wildman–Crippen MR) is 163 cm³/mol. The lowest BCUT2D eigenvalue weighted by molar-refractivity contribution is -0.125. The maximum absolute atomic E-state index is 14.0. The molecule has 3 aliphatic heterocycles. The van der Waals surface area contributed by atoms with E-state index < -0.39 is 21.4 Å². The van der Waals surface area contributed by atoms with Crippen molar-refractivity contribution in [2.75, 3.05) is 54.0 Å². The summed E-state index contributed by atoms with van der Waals surface area (Å²) in [6.45, 7) is 1.68. The molecule has 2 saturated heterocycles. The van der Waals surface area contributed by atoms with E-state index in [0.29, 0.717) is 50.4 Å². The van der Waals surface area contributed by atoms with Crippen molar-refractivity contribution < 1.29 is 22.0 Å². The van der Waals surface area contributed by atoms with Gasteiger partial charge in [-0.15, -0.1) is 0 Å². The zero-order valence-corrected chi connectivity index (χ0v) is 25.3. The second-order valence-electron chi connectivity index (χ2n) is 12.7. The molecule has 4 aliphatic rings. The van der Waals surface area contributed by atoms with Gasteiger partial charge in [0.2, 0.25) is 15.9 Å². The number of sulfonamides is 1. The molecule has 7 rings (SSSR count). The van der Waals surface area contributed by atoms with Gasteiger partial charge < -0.3 is 9.80 Å². The molecule has 0 unspecified atom stereocenters. The van der Waals surface area contributed by atoms with E-state index in [1.165, 1.54) is 0 Å². The van der Waals surface area contributed by atoms with Crippen LogP contribution in [0.4, 0.5) is 26.0 Å². The quantitative estimate of drug-likeness (QED) is 0.445. The summed E-state index contributed by atoms with van der Waals surface area (Å²) in [5.74, 6) is -1.99. The summed E-state index contributed by atoms with van der Waals surface area (Å²) in [4.78, 5) is 28.3. The van der Waals surface area contributed by atoms with Crippen LogP contribution in [-0.2, 0) is 20.2 Å². The minimum Gasteiger partial charge on any atom is -0.355 e. The Hall–Kier alpha value is -3.38. The van der Waals surface area contributed by atoms with Gasteiger partial charge in [-0.05, 0) is 62.4 Å². The van der Waals surface area contributed by atoms with Crippen molar-refractivity contribution in [1.82, 2.24) is 14.9 Å². The highest BCUT2D eigenvalue weighted by Gasteiger charge is 2.54. The van der Waals surface area contributed by atoms with Crippen molar-refractivity contribution >= 4 is 44.0 Å². The number of rotatable bonds is 5. The molecular weight excluding hydrogens is 574 g/mol. The number of carbonyl (C=O) groups excluding carboxylic acids is 1. The molecule has 2 aromatic heterocycles. The highest BCUT2D eigenvalue weighted by atomic mass is 32.2. The van der Waals surface area contributed by atoms with Crippen LogP contribution in [0.15, 0.2) is 36.7 Å². The Balaban J connectivity index is 1.20. The fourth-order valence-corrected chi connectivity index (χ4v) is 8.09. The molecule has 0 atom stereocenters. The van der Waals surface area contributed by atoms with E-state index in [9.17, 15) is 22.0 Å². The average molecular weight is 611 g/mol. The van der Waals surface area contributed by atoms with Gasteiger partial charge in [-0.1, -0.05) is 12.5 Å². The highest BCUT2D eigenvalue weighted by molar-refractivity contribution is 7.92. The second-order valence-corrected chi connectivity index (χ2v) is 14.4. The van der Waals surface area contributed by atoms with Crippen LogP contribution in [0.1, 0.15) is 50.5 Å². The van der Waals surface area contributed by atoms with Crippen LogP contribution in [0, 0.1) is 0 Å². The number of amides is 1. The number of carbonyl (C=O) groups is 1. The van der Waals surface area contributed by atoms with Crippen molar-refractivity contribution in [3.8, 4) is 11.1 Å². The standard InChI is InChI=1S/C31H36F2N6O3S/c1-37-26-18-34-24-6-5-20(15-23(24)27(26)30(29(37)40)9-3-10-30)21-16-25(36-43(2,41)42)28(35-17-21)38-13-7-22(8-14-38)39-12-4-11-31(32,33)19-39/h5-6,15-18,22,36H,3-4,7-14,19H2,1-2H3. The molecule has 1 spiro atoms. The number of halogens is 2. The normalized spacial score (nSPS) is 22.2. The summed E-state index contributed by atoms with van der Waals surface area (Å²) in [5, 5.41) is 0.930. The van der Waals surface area contributed by atoms with Gasteiger partial charge in [-0.2, -0.15) is 0 Å². The van der Waals surface area contributed by atoms with Gasteiger partial charge in [0.15, 0.2) is 5.82 Å². The Morgan fingerprint density at radius 1 is 0.977 bits per heavy atom. The Morgan fingerprint density at radius 2 is 1.74 bits per heavy atom. The lowest BCUT2D eigenvalue weighted by Crippen LogP contribution is -2.51. The number of nitrogens with one attached hydrogen (secondary N) is 1. The number of nitrogens with zero attached hydrogens (tertiary/aromatic N) is 5. The summed E-state index contributed by atoms with van der Waals surface area (Å²) in [6, 6.07) is 7.79. The van der Waals surface area contributed by atoms with Crippen LogP contribution in [0.2, 0.25) is 0 Å². The minimum absolute atomic E-state index is 0.0502. The summed E-state index contributed by atoms with van der Waals surface area (Å²) in [6.07, 6.45) is 9.15. The number of anilines is 3. The molecule has 3 aromatic rings. The van der Waals surface area contributed by atoms with Crippen LogP contribution < -0.4 is 14.5 Å². The number of benzene rings is 1. The molecule has 1 aromatic carbocycles. The zero-order chi connectivity index (χ0) is 30.1. The molecule has 1 aliphatic carbocycles. The predicted octanol–water partition coefficient (Wildman–Crippen LogP) is 4.77. The summed E-state index contributed by atoms with van der Waals surface area (Å²) in [5.41, 5.74) is 4.16. The largest absolute Gasteiger partial charge is 0.355 e. The Labute approximate surface area is 250 Å². The number of likely N-dealkylation sites (tertiary alicyclic amines) is 1. The van der Waals surface area contributed by atoms with Gasteiger partial charge in [0, 0.05) is 55.3 Å². The van der Waals surface area contributed by atoms with Crippen molar-refractivity contribution in [1.29, 1.82) is 0 Å². The van der Waals surface area contributed by atoms with Crippen LogP contribution in [0.3, 0.4) is 0 Å². The topological polar surface area (TPSA) is 98.7 Å². The van der Waals surface area contributed by atoms with Crippen LogP contribution in [0.25, 0.3) is 22.0 Å². The molecule has 12 heteroatoms. The number of pyridine rings is 2. The fourth-order valence-electron chi connectivity index (χ4n) is 7.54. The van der Waals surface area contributed by atoms with Crippen molar-refractivity contribution in [3.05, 3.63) is 42.2 Å². The molecule has 0 bridgehead atoms. The molecule has 5 heterocycles. The Morgan fingerprint density at radius 3 is 2.42 bits per heavy atom. The molecule has 43 heavy (non-hydrogen) atoms. The third-order valence-electron chi connectivity index (χ3n) is 9.81. The number of fused-ring (bicyclic) bond motifs is 4. The minimum atomic E-state index is -3.61.